The van der Waals surface area contributed by atoms with Gasteiger partial charge in [-0.1, -0.05) is 0 Å². The molecule has 0 saturated carbocycles. The second kappa shape index (κ2) is 8.35. The monoisotopic (exact) mass is 443 g/mol. The number of carbonyl (C=O) groups excluding carboxylic acids is 1. The Bertz CT molecular complexity index is 907. The molecule has 2 rings (SSSR count). The number of carbonyl (C=O) groups is 1. The molecule has 0 bridgehead atoms. The Morgan fingerprint density at radius 3 is 2.11 bits per heavy atom. The van der Waals surface area contributed by atoms with Gasteiger partial charge in [-0.25, -0.2) is 25.9 Å². The Morgan fingerprint density at radius 1 is 1.11 bits per heavy atom. The first kappa shape index (κ1) is 22.6. The van der Waals surface area contributed by atoms with Crippen molar-refractivity contribution in [3.63, 3.8) is 0 Å². The lowest BCUT2D eigenvalue weighted by Gasteiger charge is -2.30. The van der Waals surface area contributed by atoms with Gasteiger partial charge in [-0.3, -0.25) is 4.79 Å². The molecule has 0 atom stereocenters. The van der Waals surface area contributed by atoms with E-state index in [1.54, 1.807) is 5.32 Å². The van der Waals surface area contributed by atoms with Crippen molar-refractivity contribution in [1.29, 1.82) is 0 Å². The summed E-state index contributed by atoms with van der Waals surface area (Å²) < 4.78 is 87.9. The van der Waals surface area contributed by atoms with Crippen LogP contribution >= 0.6 is 0 Å². The van der Waals surface area contributed by atoms with E-state index in [0.29, 0.717) is 12.8 Å². The maximum absolute atomic E-state index is 12.4. The molecule has 1 saturated heterocycles. The molecule has 2 N–H and O–H groups in total. The molecule has 8 nitrogen and oxygen atoms in total. The van der Waals surface area contributed by atoms with Crippen molar-refractivity contribution in [2.24, 2.45) is 0 Å². The zero-order valence-corrected chi connectivity index (χ0v) is 16.5. The van der Waals surface area contributed by atoms with E-state index in [-0.39, 0.29) is 23.5 Å². The number of alkyl halides is 3. The van der Waals surface area contributed by atoms with Gasteiger partial charge in [0.05, 0.1) is 11.2 Å². The molecular formula is C15H20F3N3O5S2. The van der Waals surface area contributed by atoms with Gasteiger partial charge in [0.25, 0.3) is 5.91 Å². The largest absolute Gasteiger partial charge is 0.405 e. The molecule has 0 radical (unpaired) electrons. The summed E-state index contributed by atoms with van der Waals surface area (Å²) in [5.74, 6) is -0.970. The Hall–Kier alpha value is -1.70. The number of hydrogen-bond donors (Lipinski definition) is 2. The van der Waals surface area contributed by atoms with E-state index in [9.17, 15) is 34.8 Å². The van der Waals surface area contributed by atoms with Crippen molar-refractivity contribution < 1.29 is 34.8 Å². The molecule has 1 heterocycles. The zero-order chi connectivity index (χ0) is 21.2. The van der Waals surface area contributed by atoms with Gasteiger partial charge in [-0.05, 0) is 37.1 Å². The molecule has 28 heavy (non-hydrogen) atoms. The molecule has 13 heteroatoms. The minimum Gasteiger partial charge on any atom is -0.343 e. The zero-order valence-electron chi connectivity index (χ0n) is 14.9. The lowest BCUT2D eigenvalue weighted by molar-refractivity contribution is -0.123. The van der Waals surface area contributed by atoms with Crippen molar-refractivity contribution in [2.75, 3.05) is 25.9 Å². The summed E-state index contributed by atoms with van der Waals surface area (Å²) >= 11 is 0. The molecule has 0 spiro atoms. The van der Waals surface area contributed by atoms with E-state index >= 15 is 0 Å². The van der Waals surface area contributed by atoms with Crippen LogP contribution in [0.3, 0.4) is 0 Å². The average molecular weight is 443 g/mol. The minimum absolute atomic E-state index is 0.107. The third-order valence-electron chi connectivity index (χ3n) is 4.12. The maximum Gasteiger partial charge on any atom is 0.405 e. The maximum atomic E-state index is 12.4. The standard InChI is InChI=1S/C15H20F3N3O5S2/c1-27(23,24)21-8-6-12(7-9-21)20-28(25,26)13-4-2-11(3-5-13)14(22)19-10-15(16,17)18/h2-5,12,20H,6-10H2,1H3,(H,19,22). The number of piperidine rings is 1. The van der Waals surface area contributed by atoms with Gasteiger partial charge in [0, 0.05) is 24.7 Å². The predicted octanol–water partition coefficient (Wildman–Crippen LogP) is 0.681. The Labute approximate surface area is 161 Å². The van der Waals surface area contributed by atoms with Crippen LogP contribution in [-0.4, -0.2) is 65.2 Å². The average Bonchev–Trinajstić information content (AvgIpc) is 2.58. The molecule has 0 aromatic heterocycles. The fourth-order valence-electron chi connectivity index (χ4n) is 2.66. The Morgan fingerprint density at radius 2 is 1.64 bits per heavy atom. The van der Waals surface area contributed by atoms with Crippen LogP contribution in [-0.2, 0) is 20.0 Å². The summed E-state index contributed by atoms with van der Waals surface area (Å²) in [4.78, 5) is 11.5. The first-order valence-corrected chi connectivity index (χ1v) is 11.5. The summed E-state index contributed by atoms with van der Waals surface area (Å²) in [5, 5.41) is 1.70. The number of sulfonamides is 2. The highest BCUT2D eigenvalue weighted by Crippen LogP contribution is 2.18. The van der Waals surface area contributed by atoms with Crippen LogP contribution < -0.4 is 10.0 Å². The van der Waals surface area contributed by atoms with E-state index in [1.165, 1.54) is 4.31 Å². The van der Waals surface area contributed by atoms with Crippen molar-refractivity contribution in [1.82, 2.24) is 14.3 Å². The topological polar surface area (TPSA) is 113 Å². The third kappa shape index (κ3) is 6.43. The normalized spacial score (nSPS) is 17.4. The number of nitrogens with zero attached hydrogens (tertiary/aromatic N) is 1. The van der Waals surface area contributed by atoms with Gasteiger partial charge >= 0.3 is 6.18 Å². The van der Waals surface area contributed by atoms with E-state index in [0.717, 1.165) is 30.5 Å². The summed E-state index contributed by atoms with van der Waals surface area (Å²) in [6.07, 6.45) is -2.84. The van der Waals surface area contributed by atoms with Crippen LogP contribution in [0.4, 0.5) is 13.2 Å². The van der Waals surface area contributed by atoms with Crippen molar-refractivity contribution in [3.8, 4) is 0 Å². The number of amides is 1. The van der Waals surface area contributed by atoms with Crippen LogP contribution in [0.25, 0.3) is 0 Å². The number of halogens is 3. The van der Waals surface area contributed by atoms with Crippen LogP contribution in [0.15, 0.2) is 29.2 Å². The molecule has 0 aliphatic carbocycles. The van der Waals surface area contributed by atoms with Crippen LogP contribution in [0.2, 0.25) is 0 Å². The van der Waals surface area contributed by atoms with Crippen molar-refractivity contribution >= 4 is 26.0 Å². The molecular weight excluding hydrogens is 423 g/mol. The number of benzene rings is 1. The van der Waals surface area contributed by atoms with Gasteiger partial charge in [0.15, 0.2) is 0 Å². The van der Waals surface area contributed by atoms with Crippen LogP contribution in [0, 0.1) is 0 Å². The lowest BCUT2D eigenvalue weighted by atomic mass is 10.1. The highest BCUT2D eigenvalue weighted by Gasteiger charge is 2.29. The molecule has 1 aliphatic heterocycles. The second-order valence-corrected chi connectivity index (χ2v) is 10.1. The summed E-state index contributed by atoms with van der Waals surface area (Å²) in [6, 6.07) is 4.03. The van der Waals surface area contributed by atoms with E-state index in [4.69, 9.17) is 0 Å². The van der Waals surface area contributed by atoms with Gasteiger partial charge in [0.1, 0.15) is 6.54 Å². The summed E-state index contributed by atoms with van der Waals surface area (Å²) in [7, 11) is -7.24. The van der Waals surface area contributed by atoms with Gasteiger partial charge in [-0.15, -0.1) is 0 Å². The molecule has 1 amide bonds. The number of hydrogen-bond acceptors (Lipinski definition) is 5. The van der Waals surface area contributed by atoms with Crippen molar-refractivity contribution in [3.05, 3.63) is 29.8 Å². The third-order valence-corrected chi connectivity index (χ3v) is 6.96. The van der Waals surface area contributed by atoms with Gasteiger partial charge in [0.2, 0.25) is 20.0 Å². The van der Waals surface area contributed by atoms with Crippen molar-refractivity contribution in [2.45, 2.75) is 30.0 Å². The number of rotatable bonds is 6. The Kier molecular flexibility index (Phi) is 6.74. The highest BCUT2D eigenvalue weighted by atomic mass is 32.2. The molecule has 1 aromatic rings. The first-order chi connectivity index (χ1) is 12.8. The fourth-order valence-corrected chi connectivity index (χ4v) is 4.84. The molecule has 1 fully saturated rings. The van der Waals surface area contributed by atoms with E-state index in [2.05, 4.69) is 4.72 Å². The van der Waals surface area contributed by atoms with Crippen LogP contribution in [0.5, 0.6) is 0 Å². The quantitative estimate of drug-likeness (QED) is 0.672. The smallest absolute Gasteiger partial charge is 0.343 e. The second-order valence-electron chi connectivity index (χ2n) is 6.38. The molecule has 158 valence electrons. The fraction of sp³-hybridized carbons (Fsp3) is 0.533. The predicted molar refractivity (Wildman–Crippen MR) is 94.6 cm³/mol. The molecule has 0 unspecified atom stereocenters. The van der Waals surface area contributed by atoms with Gasteiger partial charge < -0.3 is 5.32 Å². The van der Waals surface area contributed by atoms with E-state index < -0.39 is 44.7 Å². The van der Waals surface area contributed by atoms with Crippen LogP contribution in [0.1, 0.15) is 23.2 Å². The number of nitrogens with one attached hydrogen (secondary N) is 2. The minimum atomic E-state index is -4.55. The summed E-state index contributed by atoms with van der Waals surface area (Å²) in [5.41, 5.74) is -0.107. The molecule has 1 aromatic carbocycles. The SMILES string of the molecule is CS(=O)(=O)N1CCC(NS(=O)(=O)c2ccc(C(=O)NCC(F)(F)F)cc2)CC1. The van der Waals surface area contributed by atoms with E-state index in [1.807, 2.05) is 0 Å². The van der Waals surface area contributed by atoms with Gasteiger partial charge in [-0.2, -0.15) is 13.2 Å². The lowest BCUT2D eigenvalue weighted by Crippen LogP contribution is -2.46. The molecule has 1 aliphatic rings. The first-order valence-electron chi connectivity index (χ1n) is 8.20. The Balaban J connectivity index is 1.98. The highest BCUT2D eigenvalue weighted by molar-refractivity contribution is 7.89. The summed E-state index contributed by atoms with van der Waals surface area (Å²) in [6.45, 7) is -1.09.